The zero-order chi connectivity index (χ0) is 8.23. The second-order valence-corrected chi connectivity index (χ2v) is 2.55. The Bertz CT molecular complexity index is 303. The molecule has 0 fully saturated rings. The number of hydrogen-bond donors (Lipinski definition) is 0. The van der Waals surface area contributed by atoms with Crippen molar-refractivity contribution < 1.29 is 29.6 Å². The molecule has 0 aliphatic carbocycles. The van der Waals surface area contributed by atoms with Crippen LogP contribution in [0.2, 0.25) is 0 Å². The van der Waals surface area contributed by atoms with Crippen LogP contribution in [0.1, 0.15) is 0 Å². The minimum absolute atomic E-state index is 0. The summed E-state index contributed by atoms with van der Waals surface area (Å²) in [6.07, 6.45) is 0. The van der Waals surface area contributed by atoms with Gasteiger partial charge in [-0.25, -0.2) is 11.1 Å². The SMILES string of the molecule is [Na+].[c-]1ccccc1-c1[c-]cccc1. The van der Waals surface area contributed by atoms with Crippen molar-refractivity contribution in [2.24, 2.45) is 0 Å². The van der Waals surface area contributed by atoms with E-state index in [1.807, 2.05) is 48.5 Å². The Hall–Kier alpha value is -0.560. The van der Waals surface area contributed by atoms with Gasteiger partial charge in [0.25, 0.3) is 0 Å². The predicted octanol–water partition coefficient (Wildman–Crippen LogP) is -0.0420. The summed E-state index contributed by atoms with van der Waals surface area (Å²) >= 11 is 0. The van der Waals surface area contributed by atoms with Gasteiger partial charge in [-0.15, -0.1) is 12.1 Å². The van der Waals surface area contributed by atoms with Gasteiger partial charge in [-0.1, -0.05) is 0 Å². The second kappa shape index (κ2) is 5.23. The van der Waals surface area contributed by atoms with Crippen LogP contribution in [0.3, 0.4) is 0 Å². The van der Waals surface area contributed by atoms with Gasteiger partial charge in [-0.3, -0.25) is 0 Å². The van der Waals surface area contributed by atoms with Gasteiger partial charge in [0.2, 0.25) is 0 Å². The topological polar surface area (TPSA) is 0 Å². The van der Waals surface area contributed by atoms with Crippen molar-refractivity contribution in [1.82, 2.24) is 0 Å². The third kappa shape index (κ3) is 2.70. The molecule has 0 heterocycles. The minimum Gasteiger partial charge on any atom is -0.226 e. The van der Waals surface area contributed by atoms with Crippen molar-refractivity contribution in [3.63, 3.8) is 0 Å². The molecule has 0 unspecified atom stereocenters. The molecule has 1 heteroatoms. The molecule has 0 aromatic heterocycles. The normalized spacial score (nSPS) is 8.92. The number of rotatable bonds is 1. The van der Waals surface area contributed by atoms with E-state index in [1.54, 1.807) is 0 Å². The Morgan fingerprint density at radius 3 is 1.46 bits per heavy atom. The molecule has 0 amide bonds. The maximum absolute atomic E-state index is 3.15. The molecule has 13 heavy (non-hydrogen) atoms. The first kappa shape index (κ1) is 10.5. The fourth-order valence-corrected chi connectivity index (χ4v) is 1.12. The van der Waals surface area contributed by atoms with Crippen LogP contribution < -0.4 is 29.6 Å². The summed E-state index contributed by atoms with van der Waals surface area (Å²) in [5, 5.41) is 0. The third-order valence-electron chi connectivity index (χ3n) is 1.71. The van der Waals surface area contributed by atoms with Gasteiger partial charge in [-0.05, 0) is 0 Å². The second-order valence-electron chi connectivity index (χ2n) is 2.55. The van der Waals surface area contributed by atoms with Crippen molar-refractivity contribution in [3.05, 3.63) is 60.7 Å². The molecule has 0 radical (unpaired) electrons. The molecule has 0 N–H and O–H groups in total. The fraction of sp³-hybridized carbons (Fsp3) is 0. The first-order valence-electron chi connectivity index (χ1n) is 3.90. The average Bonchev–Trinajstić information content (AvgIpc) is 2.21. The van der Waals surface area contributed by atoms with Crippen LogP contribution in [0.15, 0.2) is 48.5 Å². The molecule has 2 aromatic rings. The van der Waals surface area contributed by atoms with Gasteiger partial charge >= 0.3 is 29.6 Å². The van der Waals surface area contributed by atoms with E-state index in [1.165, 1.54) is 0 Å². The van der Waals surface area contributed by atoms with E-state index >= 15 is 0 Å². The van der Waals surface area contributed by atoms with E-state index < -0.39 is 0 Å². The molecule has 0 saturated heterocycles. The molecular formula is C12H8Na-. The van der Waals surface area contributed by atoms with E-state index in [9.17, 15) is 0 Å². The zero-order valence-electron chi connectivity index (χ0n) is 7.62. The number of benzene rings is 2. The van der Waals surface area contributed by atoms with Crippen LogP contribution in [-0.4, -0.2) is 0 Å². The van der Waals surface area contributed by atoms with Crippen molar-refractivity contribution in [1.29, 1.82) is 0 Å². The fourth-order valence-electron chi connectivity index (χ4n) is 1.12. The van der Waals surface area contributed by atoms with Crippen LogP contribution in [0, 0.1) is 12.1 Å². The summed E-state index contributed by atoms with van der Waals surface area (Å²) in [7, 11) is 0. The number of hydrogen-bond acceptors (Lipinski definition) is 0. The Morgan fingerprint density at radius 1 is 0.692 bits per heavy atom. The van der Waals surface area contributed by atoms with Crippen molar-refractivity contribution in [2.45, 2.75) is 0 Å². The minimum atomic E-state index is 0. The van der Waals surface area contributed by atoms with Crippen molar-refractivity contribution >= 4 is 0 Å². The van der Waals surface area contributed by atoms with Crippen LogP contribution in [0.25, 0.3) is 11.1 Å². The molecule has 0 bridgehead atoms. The Kier molecular flexibility index (Phi) is 4.23. The first-order valence-corrected chi connectivity index (χ1v) is 3.90. The standard InChI is InChI=1S/C12H8.Na/c1-3-7-11(8-4-1)12-9-5-2-6-10-12;/h1-7,9H;/q-2;+1. The summed E-state index contributed by atoms with van der Waals surface area (Å²) in [4.78, 5) is 0. The van der Waals surface area contributed by atoms with Gasteiger partial charge in [0.1, 0.15) is 0 Å². The van der Waals surface area contributed by atoms with Gasteiger partial charge in [0.05, 0.1) is 0 Å². The molecular weight excluding hydrogens is 167 g/mol. The summed E-state index contributed by atoms with van der Waals surface area (Å²) < 4.78 is 0. The van der Waals surface area contributed by atoms with Crippen LogP contribution in [0.5, 0.6) is 0 Å². The van der Waals surface area contributed by atoms with Crippen LogP contribution in [-0.2, 0) is 0 Å². The first-order chi connectivity index (χ1) is 5.97. The molecule has 0 aliphatic heterocycles. The Labute approximate surface area is 101 Å². The zero-order valence-corrected chi connectivity index (χ0v) is 9.62. The Morgan fingerprint density at radius 2 is 1.15 bits per heavy atom. The monoisotopic (exact) mass is 175 g/mol. The quantitative estimate of drug-likeness (QED) is 0.421. The van der Waals surface area contributed by atoms with E-state index in [4.69, 9.17) is 0 Å². The summed E-state index contributed by atoms with van der Waals surface area (Å²) in [6.45, 7) is 0. The molecule has 2 aromatic carbocycles. The van der Waals surface area contributed by atoms with E-state index in [2.05, 4.69) is 12.1 Å². The van der Waals surface area contributed by atoms with Gasteiger partial charge in [-0.2, -0.15) is 48.5 Å². The molecule has 0 spiro atoms. The van der Waals surface area contributed by atoms with E-state index in [0.29, 0.717) is 0 Å². The van der Waals surface area contributed by atoms with Crippen LogP contribution in [0.4, 0.5) is 0 Å². The van der Waals surface area contributed by atoms with Crippen molar-refractivity contribution in [3.8, 4) is 11.1 Å². The molecule has 0 aliphatic rings. The molecule has 2 rings (SSSR count). The summed E-state index contributed by atoms with van der Waals surface area (Å²) in [5.41, 5.74) is 2.19. The molecule has 0 atom stereocenters. The molecule has 58 valence electrons. The van der Waals surface area contributed by atoms with Gasteiger partial charge in [0, 0.05) is 0 Å². The maximum atomic E-state index is 3.15. The largest absolute Gasteiger partial charge is 1.00 e. The maximum Gasteiger partial charge on any atom is 1.00 e. The van der Waals surface area contributed by atoms with E-state index in [-0.39, 0.29) is 29.6 Å². The summed E-state index contributed by atoms with van der Waals surface area (Å²) in [5.74, 6) is 0. The molecule has 0 nitrogen and oxygen atoms in total. The average molecular weight is 175 g/mol. The smallest absolute Gasteiger partial charge is 0.226 e. The molecule has 0 saturated carbocycles. The predicted molar refractivity (Wildman–Crippen MR) is 49.6 cm³/mol. The van der Waals surface area contributed by atoms with Crippen molar-refractivity contribution in [2.75, 3.05) is 0 Å². The third-order valence-corrected chi connectivity index (χ3v) is 1.71. The van der Waals surface area contributed by atoms with E-state index in [0.717, 1.165) is 11.1 Å². The Balaban J connectivity index is 0.000000845. The summed E-state index contributed by atoms with van der Waals surface area (Å²) in [6, 6.07) is 22.1. The van der Waals surface area contributed by atoms with Gasteiger partial charge < -0.3 is 0 Å². The van der Waals surface area contributed by atoms with Gasteiger partial charge in [0.15, 0.2) is 0 Å². The van der Waals surface area contributed by atoms with Crippen LogP contribution >= 0.6 is 0 Å².